The Morgan fingerprint density at radius 3 is 2.67 bits per heavy atom. The second-order valence-corrected chi connectivity index (χ2v) is 4.66. The average Bonchev–Trinajstić information content (AvgIpc) is 2.76. The maximum atomic E-state index is 12.8. The molecule has 18 heavy (non-hydrogen) atoms. The van der Waals surface area contributed by atoms with Crippen LogP contribution in [0.4, 0.5) is 13.2 Å². The molecule has 1 N–H and O–H groups in total. The quantitative estimate of drug-likeness (QED) is 0.896. The van der Waals surface area contributed by atoms with E-state index in [9.17, 15) is 13.2 Å². The van der Waals surface area contributed by atoms with Gasteiger partial charge in [-0.15, -0.1) is 0 Å². The largest absolute Gasteiger partial charge is 0.416 e. The third-order valence-electron chi connectivity index (χ3n) is 3.40. The van der Waals surface area contributed by atoms with Gasteiger partial charge < -0.3 is 5.32 Å². The van der Waals surface area contributed by atoms with Gasteiger partial charge in [0, 0.05) is 25.7 Å². The van der Waals surface area contributed by atoms with Gasteiger partial charge in [0.05, 0.1) is 5.56 Å². The van der Waals surface area contributed by atoms with Crippen LogP contribution in [0.3, 0.4) is 0 Å². The number of rotatable bonds is 3. The van der Waals surface area contributed by atoms with Crippen molar-refractivity contribution in [2.75, 3.05) is 20.1 Å². The van der Waals surface area contributed by atoms with Crippen molar-refractivity contribution in [1.82, 2.24) is 10.2 Å². The van der Waals surface area contributed by atoms with Gasteiger partial charge in [-0.3, -0.25) is 4.90 Å². The van der Waals surface area contributed by atoms with Crippen LogP contribution in [0.2, 0.25) is 0 Å². The summed E-state index contributed by atoms with van der Waals surface area (Å²) in [6, 6.07) is 6.21. The molecule has 100 valence electrons. The number of benzene rings is 1. The lowest BCUT2D eigenvalue weighted by Gasteiger charge is -2.19. The Kier molecular flexibility index (Phi) is 3.92. The van der Waals surface area contributed by atoms with Crippen LogP contribution in [-0.4, -0.2) is 31.1 Å². The van der Waals surface area contributed by atoms with Gasteiger partial charge in [-0.1, -0.05) is 18.2 Å². The van der Waals surface area contributed by atoms with Crippen LogP contribution in [0.1, 0.15) is 17.5 Å². The molecule has 0 aliphatic carbocycles. The summed E-state index contributed by atoms with van der Waals surface area (Å²) in [7, 11) is 1.89. The maximum Gasteiger partial charge on any atom is 0.416 e. The SMILES string of the molecule is CNC1CCN(Cc2ccccc2C(F)(F)F)C1. The molecule has 1 saturated heterocycles. The van der Waals surface area contributed by atoms with Crippen LogP contribution >= 0.6 is 0 Å². The predicted molar refractivity (Wildman–Crippen MR) is 64.2 cm³/mol. The van der Waals surface area contributed by atoms with Crippen molar-refractivity contribution in [2.45, 2.75) is 25.2 Å². The first kappa shape index (κ1) is 13.4. The second-order valence-electron chi connectivity index (χ2n) is 4.66. The molecule has 5 heteroatoms. The van der Waals surface area contributed by atoms with Crippen LogP contribution < -0.4 is 5.32 Å². The summed E-state index contributed by atoms with van der Waals surface area (Å²) >= 11 is 0. The average molecular weight is 258 g/mol. The van der Waals surface area contributed by atoms with E-state index in [1.165, 1.54) is 6.07 Å². The molecule has 0 amide bonds. The molecule has 1 aliphatic heterocycles. The highest BCUT2D eigenvalue weighted by atomic mass is 19.4. The highest BCUT2D eigenvalue weighted by Crippen LogP contribution is 2.32. The first-order chi connectivity index (χ1) is 8.50. The van der Waals surface area contributed by atoms with Crippen LogP contribution in [0, 0.1) is 0 Å². The molecule has 1 fully saturated rings. The summed E-state index contributed by atoms with van der Waals surface area (Å²) in [5, 5.41) is 3.16. The van der Waals surface area contributed by atoms with Crippen LogP contribution in [0.15, 0.2) is 24.3 Å². The van der Waals surface area contributed by atoms with Gasteiger partial charge in [0.1, 0.15) is 0 Å². The lowest BCUT2D eigenvalue weighted by molar-refractivity contribution is -0.138. The monoisotopic (exact) mass is 258 g/mol. The molecule has 1 unspecified atom stereocenters. The fraction of sp³-hybridized carbons (Fsp3) is 0.538. The Hall–Kier alpha value is -1.07. The Morgan fingerprint density at radius 1 is 1.33 bits per heavy atom. The number of nitrogens with one attached hydrogen (secondary N) is 1. The molecule has 1 atom stereocenters. The Morgan fingerprint density at radius 2 is 2.06 bits per heavy atom. The van der Waals surface area contributed by atoms with Crippen molar-refractivity contribution in [2.24, 2.45) is 0 Å². The van der Waals surface area contributed by atoms with Crippen LogP contribution in [-0.2, 0) is 12.7 Å². The van der Waals surface area contributed by atoms with E-state index in [0.29, 0.717) is 18.2 Å². The fourth-order valence-corrected chi connectivity index (χ4v) is 2.39. The Bertz CT molecular complexity index is 403. The van der Waals surface area contributed by atoms with Crippen molar-refractivity contribution >= 4 is 0 Å². The van der Waals surface area contributed by atoms with Gasteiger partial charge in [0.15, 0.2) is 0 Å². The molecular weight excluding hydrogens is 241 g/mol. The molecule has 0 radical (unpaired) electrons. The zero-order chi connectivity index (χ0) is 13.2. The third kappa shape index (κ3) is 3.03. The predicted octanol–water partition coefficient (Wildman–Crippen LogP) is 2.50. The number of likely N-dealkylation sites (N-methyl/N-ethyl adjacent to an activating group) is 1. The van der Waals surface area contributed by atoms with Gasteiger partial charge in [0.2, 0.25) is 0 Å². The molecule has 1 aromatic carbocycles. The van der Waals surface area contributed by atoms with Crippen molar-refractivity contribution in [3.63, 3.8) is 0 Å². The normalized spacial score (nSPS) is 21.4. The lowest BCUT2D eigenvalue weighted by atomic mass is 10.1. The van der Waals surface area contributed by atoms with Crippen molar-refractivity contribution in [1.29, 1.82) is 0 Å². The van der Waals surface area contributed by atoms with E-state index in [0.717, 1.165) is 25.6 Å². The number of nitrogens with zero attached hydrogens (tertiary/aromatic N) is 1. The molecular formula is C13H17F3N2. The van der Waals surface area contributed by atoms with E-state index in [1.807, 2.05) is 7.05 Å². The second kappa shape index (κ2) is 5.28. The molecule has 2 nitrogen and oxygen atoms in total. The molecule has 1 heterocycles. The van der Waals surface area contributed by atoms with Crippen LogP contribution in [0.25, 0.3) is 0 Å². The smallest absolute Gasteiger partial charge is 0.316 e. The summed E-state index contributed by atoms with van der Waals surface area (Å²) < 4.78 is 38.5. The van der Waals surface area contributed by atoms with Gasteiger partial charge in [0.25, 0.3) is 0 Å². The fourth-order valence-electron chi connectivity index (χ4n) is 2.39. The summed E-state index contributed by atoms with van der Waals surface area (Å²) in [5.41, 5.74) is -0.153. The Labute approximate surface area is 105 Å². The molecule has 0 aromatic heterocycles. The van der Waals surface area contributed by atoms with Gasteiger partial charge in [-0.2, -0.15) is 13.2 Å². The standard InChI is InChI=1S/C13H17F3N2/c1-17-11-6-7-18(9-11)8-10-4-2-3-5-12(10)13(14,15)16/h2-5,11,17H,6-9H2,1H3. The van der Waals surface area contributed by atoms with E-state index in [-0.39, 0.29) is 0 Å². The highest BCUT2D eigenvalue weighted by molar-refractivity contribution is 5.29. The summed E-state index contributed by atoms with van der Waals surface area (Å²) in [6.07, 6.45) is -3.27. The first-order valence-electron chi connectivity index (χ1n) is 6.05. The van der Waals surface area contributed by atoms with Crippen molar-refractivity contribution in [3.8, 4) is 0 Å². The molecule has 2 rings (SSSR count). The Balaban J connectivity index is 2.10. The minimum atomic E-state index is -4.27. The molecule has 1 aliphatic rings. The summed E-state index contributed by atoms with van der Waals surface area (Å²) in [6.45, 7) is 2.02. The number of hydrogen-bond acceptors (Lipinski definition) is 2. The minimum Gasteiger partial charge on any atom is -0.316 e. The summed E-state index contributed by atoms with van der Waals surface area (Å²) in [4.78, 5) is 2.06. The molecule has 0 bridgehead atoms. The minimum absolute atomic E-state index is 0.363. The van der Waals surface area contributed by atoms with E-state index in [1.54, 1.807) is 12.1 Å². The number of halogens is 3. The number of likely N-dealkylation sites (tertiary alicyclic amines) is 1. The maximum absolute atomic E-state index is 12.8. The topological polar surface area (TPSA) is 15.3 Å². The van der Waals surface area contributed by atoms with Crippen molar-refractivity contribution in [3.05, 3.63) is 35.4 Å². The zero-order valence-corrected chi connectivity index (χ0v) is 10.3. The number of alkyl halides is 3. The molecule has 1 aromatic rings. The van der Waals surface area contributed by atoms with Gasteiger partial charge in [-0.25, -0.2) is 0 Å². The van der Waals surface area contributed by atoms with E-state index in [2.05, 4.69) is 10.2 Å². The highest BCUT2D eigenvalue weighted by Gasteiger charge is 2.33. The van der Waals surface area contributed by atoms with Gasteiger partial charge >= 0.3 is 6.18 Å². The first-order valence-corrected chi connectivity index (χ1v) is 6.05. The van der Waals surface area contributed by atoms with Crippen LogP contribution in [0.5, 0.6) is 0 Å². The van der Waals surface area contributed by atoms with Gasteiger partial charge in [-0.05, 0) is 25.1 Å². The molecule has 0 spiro atoms. The van der Waals surface area contributed by atoms with E-state index < -0.39 is 11.7 Å². The van der Waals surface area contributed by atoms with E-state index >= 15 is 0 Å². The van der Waals surface area contributed by atoms with Crippen molar-refractivity contribution < 1.29 is 13.2 Å². The molecule has 0 saturated carbocycles. The number of hydrogen-bond donors (Lipinski definition) is 1. The zero-order valence-electron chi connectivity index (χ0n) is 10.3. The van der Waals surface area contributed by atoms with E-state index in [4.69, 9.17) is 0 Å². The summed E-state index contributed by atoms with van der Waals surface area (Å²) in [5.74, 6) is 0. The third-order valence-corrected chi connectivity index (χ3v) is 3.40. The lowest BCUT2D eigenvalue weighted by Crippen LogP contribution is -2.29.